The molecule has 1 atom stereocenters. The highest BCUT2D eigenvalue weighted by Gasteiger charge is 2.28. The Morgan fingerprint density at radius 1 is 1.32 bits per heavy atom. The van der Waals surface area contributed by atoms with Crippen LogP contribution in [0.4, 0.5) is 0 Å². The highest BCUT2D eigenvalue weighted by Crippen LogP contribution is 2.32. The van der Waals surface area contributed by atoms with Gasteiger partial charge in [-0.2, -0.15) is 0 Å². The van der Waals surface area contributed by atoms with E-state index in [-0.39, 0.29) is 17.5 Å². The van der Waals surface area contributed by atoms with Crippen molar-refractivity contribution < 1.29 is 9.53 Å². The van der Waals surface area contributed by atoms with Crippen LogP contribution in [-0.2, 0) is 6.42 Å². The maximum absolute atomic E-state index is 12.6. The summed E-state index contributed by atoms with van der Waals surface area (Å²) in [5.74, 6) is 0.775. The van der Waals surface area contributed by atoms with Gasteiger partial charge in [0.2, 0.25) is 5.56 Å². The second-order valence-electron chi connectivity index (χ2n) is 5.43. The zero-order valence-corrected chi connectivity index (χ0v) is 12.6. The fourth-order valence-electron chi connectivity index (χ4n) is 2.92. The van der Waals surface area contributed by atoms with E-state index in [4.69, 9.17) is 4.74 Å². The minimum absolute atomic E-state index is 0.00548. The van der Waals surface area contributed by atoms with Crippen LogP contribution >= 0.6 is 0 Å². The minimum Gasteiger partial charge on any atom is -0.497 e. The summed E-state index contributed by atoms with van der Waals surface area (Å²) in [5, 5.41) is 0. The molecule has 2 aromatic rings. The molecule has 1 aliphatic rings. The van der Waals surface area contributed by atoms with E-state index < -0.39 is 0 Å². The number of benzene rings is 1. The van der Waals surface area contributed by atoms with E-state index in [2.05, 4.69) is 4.98 Å². The van der Waals surface area contributed by atoms with Crippen molar-refractivity contribution in [3.63, 3.8) is 0 Å². The van der Waals surface area contributed by atoms with Crippen LogP contribution in [0.3, 0.4) is 0 Å². The summed E-state index contributed by atoms with van der Waals surface area (Å²) in [6.07, 6.45) is 2.27. The fourth-order valence-corrected chi connectivity index (χ4v) is 2.92. The third-order valence-corrected chi connectivity index (χ3v) is 4.18. The number of hydrogen-bond donors (Lipinski definition) is 1. The van der Waals surface area contributed by atoms with Crippen molar-refractivity contribution in [3.8, 4) is 5.75 Å². The topological polar surface area (TPSA) is 62.4 Å². The van der Waals surface area contributed by atoms with Gasteiger partial charge in [0, 0.05) is 18.8 Å². The van der Waals surface area contributed by atoms with E-state index in [1.165, 1.54) is 17.8 Å². The molecule has 22 heavy (non-hydrogen) atoms. The van der Waals surface area contributed by atoms with E-state index in [0.717, 1.165) is 17.7 Å². The summed E-state index contributed by atoms with van der Waals surface area (Å²) in [6, 6.07) is 8.91. The number of nitrogens with zero attached hydrogens (tertiary/aromatic N) is 1. The van der Waals surface area contributed by atoms with Crippen molar-refractivity contribution >= 4 is 5.91 Å². The number of pyridine rings is 1. The number of hydrogen-bond acceptors (Lipinski definition) is 3. The van der Waals surface area contributed by atoms with Gasteiger partial charge in [-0.05, 0) is 42.7 Å². The third-order valence-electron chi connectivity index (χ3n) is 4.18. The van der Waals surface area contributed by atoms with E-state index in [0.29, 0.717) is 12.1 Å². The molecule has 2 heterocycles. The van der Waals surface area contributed by atoms with Crippen LogP contribution in [-0.4, -0.2) is 29.4 Å². The second kappa shape index (κ2) is 5.67. The minimum atomic E-state index is -0.208. The monoisotopic (exact) mass is 298 g/mol. The Kier molecular flexibility index (Phi) is 3.71. The fraction of sp³-hybridized carbons (Fsp3) is 0.294. The number of aromatic nitrogens is 1. The number of ether oxygens (including phenoxy) is 1. The molecule has 1 aromatic carbocycles. The van der Waals surface area contributed by atoms with Crippen molar-refractivity contribution in [3.05, 3.63) is 63.6 Å². The van der Waals surface area contributed by atoms with Gasteiger partial charge in [-0.25, -0.2) is 0 Å². The lowest BCUT2D eigenvalue weighted by atomic mass is 9.93. The van der Waals surface area contributed by atoms with Gasteiger partial charge in [-0.1, -0.05) is 6.07 Å². The van der Waals surface area contributed by atoms with Crippen molar-refractivity contribution in [2.24, 2.45) is 0 Å². The molecule has 0 saturated heterocycles. The number of fused-ring (bicyclic) bond motifs is 1. The normalized spacial score (nSPS) is 17.0. The quantitative estimate of drug-likeness (QED) is 0.924. The Bertz CT molecular complexity index is 746. The van der Waals surface area contributed by atoms with Gasteiger partial charge in [-0.3, -0.25) is 9.59 Å². The van der Waals surface area contributed by atoms with Gasteiger partial charge < -0.3 is 14.6 Å². The number of carbonyl (C=O) groups is 1. The smallest absolute Gasteiger partial charge is 0.255 e. The predicted molar refractivity (Wildman–Crippen MR) is 83.2 cm³/mol. The molecule has 1 aromatic heterocycles. The van der Waals surface area contributed by atoms with E-state index >= 15 is 0 Å². The number of aromatic amines is 1. The summed E-state index contributed by atoms with van der Waals surface area (Å²) in [5.41, 5.74) is 2.66. The molecular weight excluding hydrogens is 280 g/mol. The van der Waals surface area contributed by atoms with Gasteiger partial charge in [0.25, 0.3) is 5.91 Å². The Morgan fingerprint density at radius 2 is 2.14 bits per heavy atom. The van der Waals surface area contributed by atoms with Crippen molar-refractivity contribution in [1.29, 1.82) is 0 Å². The van der Waals surface area contributed by atoms with Crippen LogP contribution in [0.2, 0.25) is 0 Å². The van der Waals surface area contributed by atoms with Crippen LogP contribution < -0.4 is 10.3 Å². The Hall–Kier alpha value is -2.56. The molecule has 0 aliphatic carbocycles. The molecule has 1 N–H and O–H groups in total. The van der Waals surface area contributed by atoms with Gasteiger partial charge in [0.15, 0.2) is 0 Å². The molecule has 1 unspecified atom stereocenters. The first-order valence-electron chi connectivity index (χ1n) is 7.26. The highest BCUT2D eigenvalue weighted by molar-refractivity contribution is 5.94. The van der Waals surface area contributed by atoms with Crippen LogP contribution in [0.25, 0.3) is 0 Å². The Balaban J connectivity index is 1.89. The number of H-pyrrole nitrogens is 1. The lowest BCUT2D eigenvalue weighted by molar-refractivity contribution is 0.0677. The highest BCUT2D eigenvalue weighted by atomic mass is 16.5. The number of methoxy groups -OCH3 is 1. The second-order valence-corrected chi connectivity index (χ2v) is 5.43. The largest absolute Gasteiger partial charge is 0.497 e. The standard InChI is InChI=1S/C17H18N2O3/c1-11-15-5-4-14(22-2)9-12(15)7-8-19(11)17(21)13-3-6-16(20)18-10-13/h3-6,9-11H,7-8H2,1-2H3,(H,18,20). The molecule has 5 nitrogen and oxygen atoms in total. The Labute approximate surface area is 128 Å². The molecule has 1 aliphatic heterocycles. The summed E-state index contributed by atoms with van der Waals surface area (Å²) in [4.78, 5) is 28.1. The Morgan fingerprint density at radius 3 is 2.82 bits per heavy atom. The van der Waals surface area contributed by atoms with E-state index in [1.54, 1.807) is 13.2 Å². The van der Waals surface area contributed by atoms with Crippen LogP contribution in [0, 0.1) is 0 Å². The zero-order chi connectivity index (χ0) is 15.7. The van der Waals surface area contributed by atoms with Crippen LogP contribution in [0.15, 0.2) is 41.3 Å². The maximum atomic E-state index is 12.6. The molecular formula is C17H18N2O3. The lowest BCUT2D eigenvalue weighted by Crippen LogP contribution is -2.39. The number of nitrogens with one attached hydrogen (secondary N) is 1. The molecule has 0 fully saturated rings. The van der Waals surface area contributed by atoms with Crippen molar-refractivity contribution in [2.45, 2.75) is 19.4 Å². The van der Waals surface area contributed by atoms with Gasteiger partial charge in [0.1, 0.15) is 5.75 Å². The van der Waals surface area contributed by atoms with Crippen molar-refractivity contribution in [2.75, 3.05) is 13.7 Å². The van der Waals surface area contributed by atoms with E-state index in [9.17, 15) is 9.59 Å². The molecule has 3 rings (SSSR count). The average Bonchev–Trinajstić information content (AvgIpc) is 2.55. The first-order chi connectivity index (χ1) is 10.6. The molecule has 1 amide bonds. The lowest BCUT2D eigenvalue weighted by Gasteiger charge is -2.35. The molecule has 0 spiro atoms. The molecule has 114 valence electrons. The third kappa shape index (κ3) is 2.50. The van der Waals surface area contributed by atoms with Gasteiger partial charge in [-0.15, -0.1) is 0 Å². The summed E-state index contributed by atoms with van der Waals surface area (Å²) in [7, 11) is 1.65. The molecule has 0 radical (unpaired) electrons. The first kappa shape index (κ1) is 14.4. The van der Waals surface area contributed by atoms with Crippen LogP contribution in [0.1, 0.15) is 34.5 Å². The maximum Gasteiger partial charge on any atom is 0.255 e. The van der Waals surface area contributed by atoms with Gasteiger partial charge >= 0.3 is 0 Å². The number of carbonyl (C=O) groups excluding carboxylic acids is 1. The van der Waals surface area contributed by atoms with E-state index in [1.807, 2.05) is 30.0 Å². The SMILES string of the molecule is COc1ccc2c(c1)CCN(C(=O)c1ccc(=O)[nH]c1)C2C. The molecule has 5 heteroatoms. The average molecular weight is 298 g/mol. The first-order valence-corrected chi connectivity index (χ1v) is 7.26. The number of amides is 1. The number of rotatable bonds is 2. The molecule has 0 saturated carbocycles. The van der Waals surface area contributed by atoms with Crippen LogP contribution in [0.5, 0.6) is 5.75 Å². The van der Waals surface area contributed by atoms with Gasteiger partial charge in [0.05, 0.1) is 18.7 Å². The summed E-state index contributed by atoms with van der Waals surface area (Å²) < 4.78 is 5.26. The predicted octanol–water partition coefficient (Wildman–Crippen LogP) is 2.14. The summed E-state index contributed by atoms with van der Waals surface area (Å²) >= 11 is 0. The molecule has 0 bridgehead atoms. The zero-order valence-electron chi connectivity index (χ0n) is 12.6. The summed E-state index contributed by atoms with van der Waals surface area (Å²) in [6.45, 7) is 2.67. The van der Waals surface area contributed by atoms with Crippen molar-refractivity contribution in [1.82, 2.24) is 9.88 Å².